The minimum atomic E-state index is -0.467. The van der Waals surface area contributed by atoms with Gasteiger partial charge in [-0.15, -0.1) is 0 Å². The summed E-state index contributed by atoms with van der Waals surface area (Å²) in [6.45, 7) is 5.09. The zero-order valence-corrected chi connectivity index (χ0v) is 13.2. The molecule has 122 valence electrons. The van der Waals surface area contributed by atoms with Crippen molar-refractivity contribution in [3.63, 3.8) is 0 Å². The van der Waals surface area contributed by atoms with Crippen LogP contribution in [0.15, 0.2) is 30.3 Å². The molecule has 0 atom stereocenters. The van der Waals surface area contributed by atoms with E-state index in [0.29, 0.717) is 26.3 Å². The number of para-hydroxylation sites is 1. The lowest BCUT2D eigenvalue weighted by molar-refractivity contribution is 0.144. The minimum Gasteiger partial charge on any atom is -0.450 e. The number of alkyl carbamates (subject to hydrolysis) is 1. The van der Waals surface area contributed by atoms with Crippen LogP contribution in [-0.4, -0.2) is 38.5 Å². The number of ether oxygens (including phenoxy) is 2. The first kappa shape index (κ1) is 17.8. The van der Waals surface area contributed by atoms with Crippen molar-refractivity contribution in [3.05, 3.63) is 30.3 Å². The van der Waals surface area contributed by atoms with Crippen molar-refractivity contribution in [2.24, 2.45) is 0 Å². The average Bonchev–Trinajstić information content (AvgIpc) is 2.53. The molecule has 0 radical (unpaired) electrons. The van der Waals surface area contributed by atoms with Gasteiger partial charge in [0.15, 0.2) is 0 Å². The van der Waals surface area contributed by atoms with Gasteiger partial charge in [-0.3, -0.25) is 4.90 Å². The second-order valence-electron chi connectivity index (χ2n) is 4.60. The molecule has 0 heterocycles. The number of amides is 2. The number of benzene rings is 1. The topological polar surface area (TPSA) is 67.9 Å². The maximum absolute atomic E-state index is 12.0. The van der Waals surface area contributed by atoms with Gasteiger partial charge in [-0.05, 0) is 25.5 Å². The molecule has 0 spiro atoms. The summed E-state index contributed by atoms with van der Waals surface area (Å²) in [6, 6.07) is 9.19. The van der Waals surface area contributed by atoms with Gasteiger partial charge in [0.05, 0.1) is 13.2 Å². The van der Waals surface area contributed by atoms with E-state index in [4.69, 9.17) is 9.47 Å². The number of hydrogen-bond donors (Lipinski definition) is 1. The lowest BCUT2D eigenvalue weighted by Crippen LogP contribution is -2.39. The Kier molecular flexibility index (Phi) is 8.49. The largest absolute Gasteiger partial charge is 0.450 e. The Bertz CT molecular complexity index is 451. The number of unbranched alkanes of at least 4 members (excludes halogenated alkanes) is 1. The van der Waals surface area contributed by atoms with Crippen molar-refractivity contribution >= 4 is 17.9 Å². The minimum absolute atomic E-state index is 0.290. The van der Waals surface area contributed by atoms with Gasteiger partial charge < -0.3 is 14.8 Å². The molecule has 22 heavy (non-hydrogen) atoms. The van der Waals surface area contributed by atoms with E-state index in [1.807, 2.05) is 37.3 Å². The molecule has 0 fully saturated rings. The predicted molar refractivity (Wildman–Crippen MR) is 85.1 cm³/mol. The van der Waals surface area contributed by atoms with Gasteiger partial charge >= 0.3 is 12.2 Å². The Morgan fingerprint density at radius 2 is 1.86 bits per heavy atom. The first-order chi connectivity index (χ1) is 10.7. The normalized spacial score (nSPS) is 9.91. The van der Waals surface area contributed by atoms with Crippen LogP contribution < -0.4 is 10.2 Å². The van der Waals surface area contributed by atoms with Crippen LogP contribution in [-0.2, 0) is 9.47 Å². The number of rotatable bonds is 8. The molecule has 1 rings (SSSR count). The van der Waals surface area contributed by atoms with Crippen LogP contribution in [0.2, 0.25) is 0 Å². The second-order valence-corrected chi connectivity index (χ2v) is 4.60. The van der Waals surface area contributed by atoms with Gasteiger partial charge in [-0.2, -0.15) is 0 Å². The standard InChI is InChI=1S/C16H24N2O4/c1-3-5-13-22-15(19)17-11-12-18(16(20)21-4-2)14-9-7-6-8-10-14/h6-10H,3-5,11-13H2,1-2H3,(H,17,19). The number of carbonyl (C=O) groups is 2. The first-order valence-electron chi connectivity index (χ1n) is 7.59. The quantitative estimate of drug-likeness (QED) is 0.749. The summed E-state index contributed by atoms with van der Waals surface area (Å²) in [5.74, 6) is 0. The van der Waals surface area contributed by atoms with E-state index in [1.165, 1.54) is 4.90 Å². The molecule has 0 aliphatic heterocycles. The van der Waals surface area contributed by atoms with E-state index >= 15 is 0 Å². The molecule has 6 heteroatoms. The molecular weight excluding hydrogens is 284 g/mol. The van der Waals surface area contributed by atoms with Gasteiger partial charge in [0.25, 0.3) is 0 Å². The Labute approximate surface area is 131 Å². The predicted octanol–water partition coefficient (Wildman–Crippen LogP) is 3.18. The van der Waals surface area contributed by atoms with Crippen molar-refractivity contribution in [2.45, 2.75) is 26.7 Å². The Balaban J connectivity index is 2.48. The van der Waals surface area contributed by atoms with Crippen LogP contribution in [0.3, 0.4) is 0 Å². The Morgan fingerprint density at radius 3 is 2.50 bits per heavy atom. The van der Waals surface area contributed by atoms with Gasteiger partial charge in [0.1, 0.15) is 0 Å². The van der Waals surface area contributed by atoms with Crippen LogP contribution in [0.25, 0.3) is 0 Å². The number of nitrogens with zero attached hydrogens (tertiary/aromatic N) is 1. The summed E-state index contributed by atoms with van der Waals surface area (Å²) in [7, 11) is 0. The average molecular weight is 308 g/mol. The molecule has 1 aromatic rings. The fourth-order valence-electron chi connectivity index (χ4n) is 1.77. The van der Waals surface area contributed by atoms with Crippen molar-refractivity contribution in [1.29, 1.82) is 0 Å². The molecule has 1 aromatic carbocycles. The summed E-state index contributed by atoms with van der Waals surface area (Å²) in [5.41, 5.74) is 0.724. The van der Waals surface area contributed by atoms with Crippen LogP contribution in [0.1, 0.15) is 26.7 Å². The molecule has 2 amide bonds. The van der Waals surface area contributed by atoms with Crippen LogP contribution in [0.4, 0.5) is 15.3 Å². The van der Waals surface area contributed by atoms with E-state index in [-0.39, 0.29) is 0 Å². The second kappa shape index (κ2) is 10.5. The van der Waals surface area contributed by atoms with E-state index in [1.54, 1.807) is 6.92 Å². The summed E-state index contributed by atoms with van der Waals surface area (Å²) in [6.07, 6.45) is 0.907. The Morgan fingerprint density at radius 1 is 1.14 bits per heavy atom. The zero-order valence-electron chi connectivity index (χ0n) is 13.2. The molecule has 1 N–H and O–H groups in total. The number of carbonyl (C=O) groups excluding carboxylic acids is 2. The number of anilines is 1. The van der Waals surface area contributed by atoms with Crippen molar-refractivity contribution in [3.8, 4) is 0 Å². The monoisotopic (exact) mass is 308 g/mol. The lowest BCUT2D eigenvalue weighted by atomic mass is 10.3. The molecule has 0 aliphatic rings. The SMILES string of the molecule is CCCCOC(=O)NCCN(C(=O)OCC)c1ccccc1. The lowest BCUT2D eigenvalue weighted by Gasteiger charge is -2.22. The highest BCUT2D eigenvalue weighted by Crippen LogP contribution is 2.13. The molecule has 0 saturated carbocycles. The summed E-state index contributed by atoms with van der Waals surface area (Å²) < 4.78 is 10.0. The summed E-state index contributed by atoms with van der Waals surface area (Å²) in [5, 5.41) is 2.63. The molecular formula is C16H24N2O4. The highest BCUT2D eigenvalue weighted by atomic mass is 16.6. The van der Waals surface area contributed by atoms with Crippen molar-refractivity contribution in [2.75, 3.05) is 31.2 Å². The fraction of sp³-hybridized carbons (Fsp3) is 0.500. The highest BCUT2D eigenvalue weighted by Gasteiger charge is 2.16. The zero-order chi connectivity index (χ0) is 16.2. The molecule has 0 aromatic heterocycles. The molecule has 0 bridgehead atoms. The maximum Gasteiger partial charge on any atom is 0.414 e. The van der Waals surface area contributed by atoms with E-state index in [0.717, 1.165) is 18.5 Å². The third kappa shape index (κ3) is 6.47. The van der Waals surface area contributed by atoms with Crippen molar-refractivity contribution < 1.29 is 19.1 Å². The third-order valence-electron chi connectivity index (χ3n) is 2.89. The highest BCUT2D eigenvalue weighted by molar-refractivity contribution is 5.87. The van der Waals surface area contributed by atoms with E-state index in [2.05, 4.69) is 5.32 Å². The molecule has 0 unspecified atom stereocenters. The maximum atomic E-state index is 12.0. The van der Waals surface area contributed by atoms with Gasteiger partial charge in [0, 0.05) is 18.8 Å². The summed E-state index contributed by atoms with van der Waals surface area (Å²) >= 11 is 0. The van der Waals surface area contributed by atoms with Crippen LogP contribution in [0, 0.1) is 0 Å². The fourth-order valence-corrected chi connectivity index (χ4v) is 1.77. The van der Waals surface area contributed by atoms with E-state index < -0.39 is 12.2 Å². The first-order valence-corrected chi connectivity index (χ1v) is 7.59. The van der Waals surface area contributed by atoms with Gasteiger partial charge in [-0.25, -0.2) is 9.59 Å². The van der Waals surface area contributed by atoms with Crippen molar-refractivity contribution in [1.82, 2.24) is 5.32 Å². The Hall–Kier alpha value is -2.24. The third-order valence-corrected chi connectivity index (χ3v) is 2.89. The smallest absolute Gasteiger partial charge is 0.414 e. The van der Waals surface area contributed by atoms with E-state index in [9.17, 15) is 9.59 Å². The van der Waals surface area contributed by atoms with Crippen LogP contribution >= 0.6 is 0 Å². The number of hydrogen-bond acceptors (Lipinski definition) is 4. The van der Waals surface area contributed by atoms with Gasteiger partial charge in [-0.1, -0.05) is 31.5 Å². The molecule has 6 nitrogen and oxygen atoms in total. The molecule has 0 saturated heterocycles. The molecule has 0 aliphatic carbocycles. The van der Waals surface area contributed by atoms with Crippen LogP contribution in [0.5, 0.6) is 0 Å². The number of nitrogens with one attached hydrogen (secondary N) is 1. The summed E-state index contributed by atoms with van der Waals surface area (Å²) in [4.78, 5) is 24.9. The van der Waals surface area contributed by atoms with Gasteiger partial charge in [0.2, 0.25) is 0 Å².